The lowest BCUT2D eigenvalue weighted by atomic mass is 10.0. The van der Waals surface area contributed by atoms with Crippen LogP contribution in [0, 0.1) is 17.0 Å². The number of aromatic nitrogens is 2. The first-order chi connectivity index (χ1) is 14.5. The van der Waals surface area contributed by atoms with Gasteiger partial charge in [-0.25, -0.2) is 9.48 Å². The van der Waals surface area contributed by atoms with Gasteiger partial charge in [-0.3, -0.25) is 10.1 Å². The topological polar surface area (TPSA) is 98.3 Å². The summed E-state index contributed by atoms with van der Waals surface area (Å²) in [4.78, 5) is 23.0. The number of hydrogen-bond acceptors (Lipinski definition) is 4. The predicted molar refractivity (Wildman–Crippen MR) is 113 cm³/mol. The first-order valence-corrected chi connectivity index (χ1v) is 9.19. The van der Waals surface area contributed by atoms with Crippen molar-refractivity contribution in [3.8, 4) is 28.2 Å². The number of carbonyl (C=O) groups is 1. The van der Waals surface area contributed by atoms with E-state index < -0.39 is 10.9 Å². The average Bonchev–Trinajstić information content (AvgIpc) is 3.15. The van der Waals surface area contributed by atoms with Crippen LogP contribution in [0.5, 0.6) is 0 Å². The van der Waals surface area contributed by atoms with Crippen LogP contribution in [0.4, 0.5) is 5.69 Å². The van der Waals surface area contributed by atoms with E-state index in [4.69, 9.17) is 0 Å². The molecule has 0 spiro atoms. The summed E-state index contributed by atoms with van der Waals surface area (Å²) in [5, 5.41) is 25.9. The maximum absolute atomic E-state index is 12.3. The molecule has 0 aliphatic carbocycles. The van der Waals surface area contributed by atoms with Crippen molar-refractivity contribution in [1.29, 1.82) is 0 Å². The fourth-order valence-corrected chi connectivity index (χ4v) is 3.40. The second-order valence-electron chi connectivity index (χ2n) is 6.80. The molecule has 0 unspecified atom stereocenters. The van der Waals surface area contributed by atoms with E-state index in [0.717, 1.165) is 5.56 Å². The lowest BCUT2D eigenvalue weighted by Crippen LogP contribution is -2.03. The van der Waals surface area contributed by atoms with E-state index in [2.05, 4.69) is 5.10 Å². The molecule has 7 heteroatoms. The van der Waals surface area contributed by atoms with E-state index >= 15 is 0 Å². The molecule has 0 aliphatic heterocycles. The minimum absolute atomic E-state index is 0.0109. The van der Waals surface area contributed by atoms with E-state index in [-0.39, 0.29) is 16.9 Å². The first kappa shape index (κ1) is 19.1. The maximum Gasteiger partial charge on any atom is 0.340 e. The van der Waals surface area contributed by atoms with Crippen molar-refractivity contribution in [3.05, 3.63) is 100 Å². The number of carboxylic acids is 1. The Morgan fingerprint density at radius 2 is 1.67 bits per heavy atom. The number of nitro groups is 1. The fraction of sp³-hybridized carbons (Fsp3) is 0.0435. The zero-order valence-corrected chi connectivity index (χ0v) is 16.0. The summed E-state index contributed by atoms with van der Waals surface area (Å²) in [6, 6.07) is 22.5. The Hall–Kier alpha value is -4.26. The second kappa shape index (κ2) is 7.63. The molecule has 1 N–H and O–H groups in total. The summed E-state index contributed by atoms with van der Waals surface area (Å²) < 4.78 is 1.58. The number of carboxylic acid groups (broad SMARTS) is 1. The monoisotopic (exact) mass is 399 g/mol. The Morgan fingerprint density at radius 3 is 2.33 bits per heavy atom. The Kier molecular flexibility index (Phi) is 4.85. The number of nitrogens with zero attached hydrogens (tertiary/aromatic N) is 3. The number of hydrogen-bond donors (Lipinski definition) is 1. The van der Waals surface area contributed by atoms with E-state index in [1.165, 1.54) is 18.2 Å². The van der Waals surface area contributed by atoms with Gasteiger partial charge in [0.1, 0.15) is 11.3 Å². The van der Waals surface area contributed by atoms with Crippen LogP contribution in [0.1, 0.15) is 15.9 Å². The molecule has 148 valence electrons. The van der Waals surface area contributed by atoms with Gasteiger partial charge < -0.3 is 5.11 Å². The van der Waals surface area contributed by atoms with Gasteiger partial charge in [0, 0.05) is 23.3 Å². The van der Waals surface area contributed by atoms with Crippen LogP contribution in [-0.2, 0) is 0 Å². The van der Waals surface area contributed by atoms with Gasteiger partial charge in [0.25, 0.3) is 5.69 Å². The van der Waals surface area contributed by atoms with Crippen LogP contribution in [0.15, 0.2) is 78.9 Å². The molecule has 4 rings (SSSR count). The molecule has 4 aromatic rings. The molecule has 30 heavy (non-hydrogen) atoms. The molecule has 0 aliphatic rings. The lowest BCUT2D eigenvalue weighted by Gasteiger charge is -2.09. The van der Waals surface area contributed by atoms with E-state index in [9.17, 15) is 20.0 Å². The SMILES string of the molecule is Cc1cccc(-n2nc(-c3cccc([N+](=O)[O-])c3)c(C(=O)O)c2-c2ccccc2)c1. The summed E-state index contributed by atoms with van der Waals surface area (Å²) >= 11 is 0. The standard InChI is InChI=1S/C23H17N3O4/c1-15-7-5-11-18(13-15)25-22(16-8-3-2-4-9-16)20(23(27)28)21(24-25)17-10-6-12-19(14-17)26(29)30/h2-14H,1H3,(H,27,28). The van der Waals surface area contributed by atoms with Crippen LogP contribution < -0.4 is 0 Å². The highest BCUT2D eigenvalue weighted by Crippen LogP contribution is 2.35. The van der Waals surface area contributed by atoms with Crippen LogP contribution in [0.3, 0.4) is 0 Å². The molecule has 0 fully saturated rings. The molecule has 1 aromatic heterocycles. The van der Waals surface area contributed by atoms with Gasteiger partial charge in [0.05, 0.1) is 16.3 Å². The van der Waals surface area contributed by atoms with E-state index in [1.54, 1.807) is 10.7 Å². The molecule has 0 atom stereocenters. The zero-order chi connectivity index (χ0) is 21.3. The van der Waals surface area contributed by atoms with Gasteiger partial charge in [-0.1, -0.05) is 54.6 Å². The molecule has 0 radical (unpaired) electrons. The van der Waals surface area contributed by atoms with Crippen LogP contribution in [0.2, 0.25) is 0 Å². The minimum Gasteiger partial charge on any atom is -0.478 e. The highest BCUT2D eigenvalue weighted by atomic mass is 16.6. The third-order valence-electron chi connectivity index (χ3n) is 4.72. The molecule has 3 aromatic carbocycles. The lowest BCUT2D eigenvalue weighted by molar-refractivity contribution is -0.384. The van der Waals surface area contributed by atoms with E-state index in [0.29, 0.717) is 22.5 Å². The number of benzene rings is 3. The highest BCUT2D eigenvalue weighted by Gasteiger charge is 2.27. The first-order valence-electron chi connectivity index (χ1n) is 9.19. The normalized spacial score (nSPS) is 10.7. The minimum atomic E-state index is -1.16. The molecule has 0 saturated carbocycles. The van der Waals surface area contributed by atoms with Crippen LogP contribution in [-0.4, -0.2) is 25.8 Å². The molecule has 0 bridgehead atoms. The number of aryl methyl sites for hydroxylation is 1. The fourth-order valence-electron chi connectivity index (χ4n) is 3.40. The number of nitro benzene ring substituents is 1. The van der Waals surface area contributed by atoms with Crippen molar-refractivity contribution in [2.45, 2.75) is 6.92 Å². The maximum atomic E-state index is 12.3. The molecular weight excluding hydrogens is 382 g/mol. The average molecular weight is 399 g/mol. The molecular formula is C23H17N3O4. The summed E-state index contributed by atoms with van der Waals surface area (Å²) in [7, 11) is 0. The second-order valence-corrected chi connectivity index (χ2v) is 6.80. The Balaban J connectivity index is 2.06. The van der Waals surface area contributed by atoms with Gasteiger partial charge in [-0.15, -0.1) is 0 Å². The molecule has 0 saturated heterocycles. The zero-order valence-electron chi connectivity index (χ0n) is 16.0. The predicted octanol–water partition coefficient (Wildman–Crippen LogP) is 5.12. The smallest absolute Gasteiger partial charge is 0.340 e. The third kappa shape index (κ3) is 3.44. The van der Waals surface area contributed by atoms with Crippen LogP contribution in [0.25, 0.3) is 28.2 Å². The summed E-state index contributed by atoms with van der Waals surface area (Å²) in [5.74, 6) is -1.16. The number of rotatable bonds is 5. The van der Waals surface area contributed by atoms with Crippen molar-refractivity contribution in [3.63, 3.8) is 0 Å². The van der Waals surface area contributed by atoms with Crippen molar-refractivity contribution >= 4 is 11.7 Å². The van der Waals surface area contributed by atoms with Crippen molar-refractivity contribution in [1.82, 2.24) is 9.78 Å². The van der Waals surface area contributed by atoms with E-state index in [1.807, 2.05) is 61.5 Å². The largest absolute Gasteiger partial charge is 0.478 e. The van der Waals surface area contributed by atoms with Crippen molar-refractivity contribution in [2.75, 3.05) is 0 Å². The highest BCUT2D eigenvalue weighted by molar-refractivity contribution is 6.02. The summed E-state index contributed by atoms with van der Waals surface area (Å²) in [6.45, 7) is 1.94. The van der Waals surface area contributed by atoms with Gasteiger partial charge in [-0.2, -0.15) is 5.10 Å². The quantitative estimate of drug-likeness (QED) is 0.371. The van der Waals surface area contributed by atoms with Crippen LogP contribution >= 0.6 is 0 Å². The van der Waals surface area contributed by atoms with Gasteiger partial charge in [0.2, 0.25) is 0 Å². The number of non-ortho nitro benzene ring substituents is 1. The van der Waals surface area contributed by atoms with Gasteiger partial charge in [0.15, 0.2) is 0 Å². The summed E-state index contributed by atoms with van der Waals surface area (Å²) in [6.07, 6.45) is 0. The molecule has 7 nitrogen and oxygen atoms in total. The Morgan fingerprint density at radius 1 is 0.967 bits per heavy atom. The number of aromatic carboxylic acids is 1. The van der Waals surface area contributed by atoms with Crippen molar-refractivity contribution in [2.24, 2.45) is 0 Å². The summed E-state index contributed by atoms with van der Waals surface area (Å²) in [5.41, 5.74) is 3.19. The molecule has 1 heterocycles. The third-order valence-corrected chi connectivity index (χ3v) is 4.72. The van der Waals surface area contributed by atoms with Gasteiger partial charge in [-0.05, 0) is 24.6 Å². The van der Waals surface area contributed by atoms with Crippen molar-refractivity contribution < 1.29 is 14.8 Å². The Bertz CT molecular complexity index is 1260. The van der Waals surface area contributed by atoms with Gasteiger partial charge >= 0.3 is 5.97 Å². The Labute approximate surface area is 172 Å². The molecule has 0 amide bonds.